The summed E-state index contributed by atoms with van der Waals surface area (Å²) in [6.07, 6.45) is 2.02. The molecule has 0 saturated heterocycles. The summed E-state index contributed by atoms with van der Waals surface area (Å²) in [5, 5.41) is 8.06. The molecule has 5 nitrogen and oxygen atoms in total. The van der Waals surface area contributed by atoms with Gasteiger partial charge in [-0.05, 0) is 77.0 Å². The molecule has 168 valence electrons. The summed E-state index contributed by atoms with van der Waals surface area (Å²) in [7, 11) is 0. The van der Waals surface area contributed by atoms with Crippen LogP contribution in [-0.2, 0) is 9.63 Å². The zero-order chi connectivity index (χ0) is 23.3. The van der Waals surface area contributed by atoms with Crippen molar-refractivity contribution in [3.63, 3.8) is 0 Å². The summed E-state index contributed by atoms with van der Waals surface area (Å²) >= 11 is 9.44. The number of aryl methyl sites for hydroxylation is 1. The number of nitrogens with one attached hydrogen (secondary N) is 1. The number of carbonyl (C=O) groups excluding carboxylic acids is 2. The molecule has 2 aliphatic rings. The van der Waals surface area contributed by atoms with Crippen LogP contribution in [0.2, 0.25) is 5.02 Å². The molecule has 0 radical (unpaired) electrons. The molecule has 2 atom stereocenters. The van der Waals surface area contributed by atoms with Gasteiger partial charge in [-0.1, -0.05) is 49.7 Å². The molecule has 2 aromatic carbocycles. The second-order valence-electron chi connectivity index (χ2n) is 9.53. The Labute approximate surface area is 201 Å². The molecule has 32 heavy (non-hydrogen) atoms. The van der Waals surface area contributed by atoms with Crippen molar-refractivity contribution in [3.8, 4) is 0 Å². The van der Waals surface area contributed by atoms with Gasteiger partial charge < -0.3 is 10.2 Å². The Morgan fingerprint density at radius 1 is 1.12 bits per heavy atom. The average Bonchev–Trinajstić information content (AvgIpc) is 3.05. The van der Waals surface area contributed by atoms with Gasteiger partial charge in [-0.25, -0.2) is 4.79 Å². The fourth-order valence-corrected chi connectivity index (χ4v) is 5.98. The number of anilines is 1. The van der Waals surface area contributed by atoms with Gasteiger partial charge in [0.25, 0.3) is 0 Å². The third kappa shape index (κ3) is 3.39. The summed E-state index contributed by atoms with van der Waals surface area (Å²) in [6, 6.07) is 12.5. The van der Waals surface area contributed by atoms with Crippen molar-refractivity contribution in [1.29, 1.82) is 0 Å². The van der Waals surface area contributed by atoms with E-state index < -0.39 is 11.4 Å². The van der Waals surface area contributed by atoms with Crippen molar-refractivity contribution < 1.29 is 14.4 Å². The quantitative estimate of drug-likeness (QED) is 0.359. The second kappa shape index (κ2) is 7.99. The lowest BCUT2D eigenvalue weighted by Crippen LogP contribution is -2.43. The number of hydrogen-bond donors (Lipinski definition) is 1. The van der Waals surface area contributed by atoms with Crippen LogP contribution >= 0.6 is 27.5 Å². The summed E-state index contributed by atoms with van der Waals surface area (Å²) in [4.78, 5) is 31.5. The van der Waals surface area contributed by atoms with Gasteiger partial charge in [0, 0.05) is 27.0 Å². The van der Waals surface area contributed by atoms with E-state index in [9.17, 15) is 9.59 Å². The molecule has 2 fully saturated rings. The topological polar surface area (TPSA) is 67.8 Å². The Morgan fingerprint density at radius 3 is 2.53 bits per heavy atom. The highest BCUT2D eigenvalue weighted by molar-refractivity contribution is 9.10. The first-order valence-corrected chi connectivity index (χ1v) is 11.8. The van der Waals surface area contributed by atoms with Crippen molar-refractivity contribution in [1.82, 2.24) is 0 Å². The van der Waals surface area contributed by atoms with Crippen LogP contribution in [-0.4, -0.2) is 17.6 Å². The first-order chi connectivity index (χ1) is 15.0. The number of amides is 1. The van der Waals surface area contributed by atoms with Gasteiger partial charge in [-0.15, -0.1) is 0 Å². The van der Waals surface area contributed by atoms with E-state index in [0.29, 0.717) is 21.5 Å². The van der Waals surface area contributed by atoms with E-state index in [-0.39, 0.29) is 16.7 Å². The third-order valence-electron chi connectivity index (χ3n) is 7.94. The highest BCUT2D eigenvalue weighted by Crippen LogP contribution is 2.71. The first-order valence-electron chi connectivity index (χ1n) is 10.6. The van der Waals surface area contributed by atoms with Crippen molar-refractivity contribution in [3.05, 3.63) is 63.1 Å². The zero-order valence-electron chi connectivity index (χ0n) is 18.6. The van der Waals surface area contributed by atoms with Crippen LogP contribution in [0.3, 0.4) is 0 Å². The van der Waals surface area contributed by atoms with Crippen molar-refractivity contribution in [2.45, 2.75) is 47.0 Å². The summed E-state index contributed by atoms with van der Waals surface area (Å²) in [6.45, 7) is 8.28. The summed E-state index contributed by atoms with van der Waals surface area (Å²) in [5.74, 6) is -0.552. The van der Waals surface area contributed by atoms with Crippen LogP contribution in [0, 0.1) is 23.2 Å². The Morgan fingerprint density at radius 2 is 1.84 bits per heavy atom. The predicted octanol–water partition coefficient (Wildman–Crippen LogP) is 6.78. The van der Waals surface area contributed by atoms with Gasteiger partial charge in [0.2, 0.25) is 5.91 Å². The van der Waals surface area contributed by atoms with Gasteiger partial charge in [-0.2, -0.15) is 0 Å². The molecule has 0 aliphatic heterocycles. The number of rotatable bonds is 4. The fourth-order valence-electron chi connectivity index (χ4n) is 5.30. The maximum absolute atomic E-state index is 13.6. The minimum Gasteiger partial charge on any atom is -0.325 e. The van der Waals surface area contributed by atoms with Crippen LogP contribution in [0.5, 0.6) is 0 Å². The minimum absolute atomic E-state index is 0.0287. The Balaban J connectivity index is 1.61. The fraction of sp³-hybridized carbons (Fsp3) is 0.400. The van der Waals surface area contributed by atoms with E-state index in [1.165, 1.54) is 0 Å². The highest BCUT2D eigenvalue weighted by Gasteiger charge is 2.71. The van der Waals surface area contributed by atoms with E-state index >= 15 is 0 Å². The zero-order valence-corrected chi connectivity index (χ0v) is 20.9. The first kappa shape index (κ1) is 23.0. The van der Waals surface area contributed by atoms with E-state index in [1.54, 1.807) is 24.3 Å². The monoisotopic (exact) mass is 516 g/mol. The molecular weight excluding hydrogens is 492 g/mol. The summed E-state index contributed by atoms with van der Waals surface area (Å²) in [5.41, 5.74) is 1.51. The minimum atomic E-state index is -0.633. The van der Waals surface area contributed by atoms with Gasteiger partial charge in [0.15, 0.2) is 0 Å². The van der Waals surface area contributed by atoms with Crippen LogP contribution < -0.4 is 5.32 Å². The molecule has 0 spiro atoms. The molecule has 1 amide bonds. The third-order valence-corrected chi connectivity index (χ3v) is 8.86. The molecule has 4 rings (SSSR count). The molecule has 2 aliphatic carbocycles. The SMILES string of the molecule is Cc1cc(Cl)ccc1NC(=O)C12CCC(C)(C(=NOC(=O)c3ccccc3Br)C1)C2(C)C. The Hall–Kier alpha value is -2.18. The molecular formula is C25H26BrClN2O3. The van der Waals surface area contributed by atoms with Gasteiger partial charge >= 0.3 is 5.97 Å². The summed E-state index contributed by atoms with van der Waals surface area (Å²) < 4.78 is 0.652. The van der Waals surface area contributed by atoms with Crippen molar-refractivity contribution in [2.75, 3.05) is 5.32 Å². The van der Waals surface area contributed by atoms with Crippen LogP contribution in [0.25, 0.3) is 0 Å². The maximum Gasteiger partial charge on any atom is 0.366 e. The average molecular weight is 518 g/mol. The van der Waals surface area contributed by atoms with E-state index in [0.717, 1.165) is 29.8 Å². The number of carbonyl (C=O) groups is 2. The van der Waals surface area contributed by atoms with Crippen molar-refractivity contribution >= 4 is 50.8 Å². The molecule has 0 heterocycles. The number of oxime groups is 1. The molecule has 7 heteroatoms. The lowest BCUT2D eigenvalue weighted by molar-refractivity contribution is -0.130. The van der Waals surface area contributed by atoms with Crippen molar-refractivity contribution in [2.24, 2.45) is 21.4 Å². The normalized spacial score (nSPS) is 26.9. The lowest BCUT2D eigenvalue weighted by Gasteiger charge is -2.39. The highest BCUT2D eigenvalue weighted by atomic mass is 79.9. The predicted molar refractivity (Wildman–Crippen MR) is 130 cm³/mol. The maximum atomic E-state index is 13.6. The molecule has 2 aromatic rings. The van der Waals surface area contributed by atoms with Crippen LogP contribution in [0.4, 0.5) is 5.69 Å². The molecule has 0 aromatic heterocycles. The number of nitrogens with zero attached hydrogens (tertiary/aromatic N) is 1. The van der Waals surface area contributed by atoms with E-state index in [2.05, 4.69) is 47.2 Å². The number of benzene rings is 2. The molecule has 2 saturated carbocycles. The molecule has 2 unspecified atom stereocenters. The van der Waals surface area contributed by atoms with Gasteiger partial charge in [-0.3, -0.25) is 4.79 Å². The lowest BCUT2D eigenvalue weighted by atomic mass is 9.64. The Bertz CT molecular complexity index is 1150. The molecule has 1 N–H and O–H groups in total. The number of halogens is 2. The van der Waals surface area contributed by atoms with E-state index in [4.69, 9.17) is 16.4 Å². The van der Waals surface area contributed by atoms with Gasteiger partial charge in [0.1, 0.15) is 0 Å². The van der Waals surface area contributed by atoms with E-state index in [1.807, 2.05) is 25.1 Å². The van der Waals surface area contributed by atoms with Gasteiger partial charge in [0.05, 0.1) is 16.7 Å². The number of hydrogen-bond acceptors (Lipinski definition) is 4. The Kier molecular flexibility index (Phi) is 5.74. The smallest absolute Gasteiger partial charge is 0.325 e. The van der Waals surface area contributed by atoms with Crippen LogP contribution in [0.1, 0.15) is 56.0 Å². The standard InChI is InChI=1S/C25H26BrClN2O3/c1-15-13-16(27)9-10-19(15)28-22(31)25-12-11-24(4,23(25,2)3)20(14-25)29-32-21(30)17-7-5-6-8-18(17)26/h5-10,13H,11-12,14H2,1-4H3,(H,28,31). The van der Waals surface area contributed by atoms with Crippen LogP contribution in [0.15, 0.2) is 52.1 Å². The molecule has 2 bridgehead atoms. The second-order valence-corrected chi connectivity index (χ2v) is 10.8. The largest absolute Gasteiger partial charge is 0.366 e. The number of fused-ring (bicyclic) bond motifs is 2.